The highest BCUT2D eigenvalue weighted by Gasteiger charge is 2.28. The minimum absolute atomic E-state index is 0.00811. The van der Waals surface area contributed by atoms with Crippen LogP contribution in [0.15, 0.2) is 49.2 Å². The highest BCUT2D eigenvalue weighted by Crippen LogP contribution is 2.37. The van der Waals surface area contributed by atoms with E-state index in [0.29, 0.717) is 12.1 Å². The van der Waals surface area contributed by atoms with E-state index in [9.17, 15) is 4.79 Å². The molecule has 190 valence electrons. The molecule has 0 aromatic carbocycles. The molecule has 1 fully saturated rings. The van der Waals surface area contributed by atoms with Crippen LogP contribution in [-0.4, -0.2) is 64.0 Å². The Kier molecular flexibility index (Phi) is 6.19. The molecular weight excluding hydrogens is 466 g/mol. The first kappa shape index (κ1) is 23.4. The Morgan fingerprint density at radius 2 is 1.84 bits per heavy atom. The number of anilines is 3. The molecule has 2 aliphatic heterocycles. The van der Waals surface area contributed by atoms with Gasteiger partial charge in [-0.2, -0.15) is 0 Å². The van der Waals surface area contributed by atoms with E-state index < -0.39 is 0 Å². The summed E-state index contributed by atoms with van der Waals surface area (Å²) in [6.07, 6.45) is 10.4. The second kappa shape index (κ2) is 9.79. The molecule has 4 aromatic heterocycles. The molecule has 0 aliphatic carbocycles. The summed E-state index contributed by atoms with van der Waals surface area (Å²) in [5.74, 6) is 0.788. The monoisotopic (exact) mass is 497 g/mol. The molecule has 37 heavy (non-hydrogen) atoms. The number of nitrogens with one attached hydrogen (secondary N) is 4. The van der Waals surface area contributed by atoms with Crippen molar-refractivity contribution in [2.24, 2.45) is 0 Å². The second-order valence-electron chi connectivity index (χ2n) is 9.76. The normalized spacial score (nSPS) is 17.6. The van der Waals surface area contributed by atoms with Crippen LogP contribution in [0.25, 0.3) is 22.0 Å². The number of amides is 1. The molecule has 1 unspecified atom stereocenters. The number of aromatic nitrogens is 4. The second-order valence-corrected chi connectivity index (χ2v) is 9.76. The molecule has 0 radical (unpaired) electrons. The summed E-state index contributed by atoms with van der Waals surface area (Å²) in [6, 6.07) is 6.18. The van der Waals surface area contributed by atoms with Crippen molar-refractivity contribution in [1.29, 1.82) is 0 Å². The number of carbonyl (C=O) groups excluding carboxylic acids is 1. The van der Waals surface area contributed by atoms with Crippen LogP contribution in [0.1, 0.15) is 37.1 Å². The van der Waals surface area contributed by atoms with Crippen LogP contribution in [0.2, 0.25) is 0 Å². The Morgan fingerprint density at radius 3 is 2.68 bits per heavy atom. The zero-order valence-electron chi connectivity index (χ0n) is 21.1. The summed E-state index contributed by atoms with van der Waals surface area (Å²) in [5, 5.41) is 4.10. The van der Waals surface area contributed by atoms with Crippen LogP contribution < -0.4 is 21.1 Å². The molecule has 1 atom stereocenters. The number of pyridine rings is 3. The molecular formula is C27H31N9O. The fraction of sp³-hybridized carbons (Fsp3) is 0.333. The summed E-state index contributed by atoms with van der Waals surface area (Å²) >= 11 is 0. The van der Waals surface area contributed by atoms with Crippen LogP contribution in [0, 0.1) is 0 Å². The van der Waals surface area contributed by atoms with Gasteiger partial charge in [0.1, 0.15) is 5.82 Å². The van der Waals surface area contributed by atoms with E-state index in [-0.39, 0.29) is 11.9 Å². The number of H-pyrrole nitrogens is 1. The molecule has 10 heteroatoms. The quantitative estimate of drug-likeness (QED) is 0.320. The van der Waals surface area contributed by atoms with Crippen LogP contribution in [0.5, 0.6) is 0 Å². The van der Waals surface area contributed by atoms with Crippen molar-refractivity contribution in [3.63, 3.8) is 0 Å². The summed E-state index contributed by atoms with van der Waals surface area (Å²) in [4.78, 5) is 33.9. The van der Waals surface area contributed by atoms with Crippen molar-refractivity contribution in [3.8, 4) is 11.1 Å². The zero-order valence-corrected chi connectivity index (χ0v) is 21.1. The third kappa shape index (κ3) is 4.61. The number of rotatable bonds is 6. The average Bonchev–Trinajstić information content (AvgIpc) is 3.53. The van der Waals surface area contributed by atoms with Crippen molar-refractivity contribution < 1.29 is 4.79 Å². The largest absolute Gasteiger partial charge is 0.367 e. The van der Waals surface area contributed by atoms with Crippen molar-refractivity contribution >= 4 is 34.0 Å². The average molecular weight is 498 g/mol. The summed E-state index contributed by atoms with van der Waals surface area (Å²) in [6.45, 7) is 6.05. The number of piperazine rings is 1. The molecule has 10 nitrogen and oxygen atoms in total. The van der Waals surface area contributed by atoms with E-state index in [1.54, 1.807) is 12.4 Å². The predicted octanol–water partition coefficient (Wildman–Crippen LogP) is 3.53. The lowest BCUT2D eigenvalue weighted by Gasteiger charge is -2.34. The molecule has 0 saturated carbocycles. The molecule has 2 aliphatic rings. The third-order valence-corrected chi connectivity index (χ3v) is 7.10. The van der Waals surface area contributed by atoms with Crippen molar-refractivity contribution in [3.05, 3.63) is 60.4 Å². The third-order valence-electron chi connectivity index (χ3n) is 7.10. The van der Waals surface area contributed by atoms with Crippen molar-refractivity contribution in [1.82, 2.24) is 30.3 Å². The van der Waals surface area contributed by atoms with Gasteiger partial charge in [-0.3, -0.25) is 14.8 Å². The maximum Gasteiger partial charge on any atom is 0.224 e. The van der Waals surface area contributed by atoms with Crippen LogP contribution in [-0.2, 0) is 4.79 Å². The molecule has 4 N–H and O–H groups in total. The number of hydrogen-bond acceptors (Lipinski definition) is 8. The number of hydrazine groups is 1. The Labute approximate surface area is 215 Å². The molecule has 0 spiro atoms. The SMILES string of the molecule is CCCC(=O)Nc1cncc(-c2cnc3c(c2)C(c2cc4c(N5CCN(C)CC5)cncc4[nH]2)NN3)c1. The highest BCUT2D eigenvalue weighted by molar-refractivity contribution is 5.93. The standard InChI is InChI=1S/C27H31N9O/c1-3-4-25(37)31-19-9-17(12-28-14-19)18-10-21-26(33-34-27(21)30-13-18)22-11-20-23(32-22)15-29-16-24(20)36-7-5-35(2)6-8-36/h9-16,26,32-33H,3-8H2,1-2H3,(H,30,34)(H,31,37). The number of likely N-dealkylation sites (N-methyl/N-ethyl adjacent to an activating group) is 1. The fourth-order valence-corrected chi connectivity index (χ4v) is 5.06. The summed E-state index contributed by atoms with van der Waals surface area (Å²) in [5.41, 5.74) is 13.4. The Balaban J connectivity index is 1.30. The van der Waals surface area contributed by atoms with Crippen LogP contribution >= 0.6 is 0 Å². The topological polar surface area (TPSA) is 114 Å². The molecule has 4 aromatic rings. The Hall–Kier alpha value is -4.02. The summed E-state index contributed by atoms with van der Waals surface area (Å²) < 4.78 is 0. The lowest BCUT2D eigenvalue weighted by atomic mass is 10.0. The van der Waals surface area contributed by atoms with Gasteiger partial charge in [0.2, 0.25) is 5.91 Å². The first-order valence-electron chi connectivity index (χ1n) is 12.8. The lowest BCUT2D eigenvalue weighted by Crippen LogP contribution is -2.44. The minimum atomic E-state index is -0.101. The maximum atomic E-state index is 12.0. The highest BCUT2D eigenvalue weighted by atomic mass is 16.1. The van der Waals surface area contributed by atoms with Gasteiger partial charge < -0.3 is 25.5 Å². The van der Waals surface area contributed by atoms with Crippen LogP contribution in [0.3, 0.4) is 0 Å². The smallest absolute Gasteiger partial charge is 0.224 e. The first-order valence-corrected chi connectivity index (χ1v) is 12.8. The van der Waals surface area contributed by atoms with Crippen molar-refractivity contribution in [2.75, 3.05) is 48.9 Å². The molecule has 0 bridgehead atoms. The van der Waals surface area contributed by atoms with E-state index >= 15 is 0 Å². The molecule has 1 amide bonds. The first-order chi connectivity index (χ1) is 18.1. The minimum Gasteiger partial charge on any atom is -0.367 e. The maximum absolute atomic E-state index is 12.0. The van der Waals surface area contributed by atoms with Gasteiger partial charge in [-0.25, -0.2) is 10.4 Å². The predicted molar refractivity (Wildman–Crippen MR) is 145 cm³/mol. The van der Waals surface area contributed by atoms with Gasteiger partial charge in [-0.1, -0.05) is 6.92 Å². The van der Waals surface area contributed by atoms with E-state index in [1.807, 2.05) is 31.6 Å². The van der Waals surface area contributed by atoms with E-state index in [1.165, 1.54) is 11.1 Å². The number of fused-ring (bicyclic) bond motifs is 2. The lowest BCUT2D eigenvalue weighted by molar-refractivity contribution is -0.116. The van der Waals surface area contributed by atoms with E-state index in [0.717, 1.165) is 66.3 Å². The molecule has 6 rings (SSSR count). The van der Waals surface area contributed by atoms with Gasteiger partial charge in [-0.05, 0) is 31.7 Å². The summed E-state index contributed by atoms with van der Waals surface area (Å²) in [7, 11) is 2.16. The van der Waals surface area contributed by atoms with Gasteiger partial charge in [0, 0.05) is 72.8 Å². The van der Waals surface area contributed by atoms with Gasteiger partial charge in [0.05, 0.1) is 41.5 Å². The van der Waals surface area contributed by atoms with Crippen molar-refractivity contribution in [2.45, 2.75) is 25.8 Å². The van der Waals surface area contributed by atoms with E-state index in [4.69, 9.17) is 0 Å². The molecule has 1 saturated heterocycles. The Bertz CT molecular complexity index is 1440. The number of nitrogens with zero attached hydrogens (tertiary/aromatic N) is 5. The Morgan fingerprint density at radius 1 is 1.03 bits per heavy atom. The van der Waals surface area contributed by atoms with Crippen LogP contribution in [0.4, 0.5) is 17.2 Å². The fourth-order valence-electron chi connectivity index (χ4n) is 5.06. The van der Waals surface area contributed by atoms with Gasteiger partial charge in [-0.15, -0.1) is 0 Å². The number of carbonyl (C=O) groups is 1. The zero-order chi connectivity index (χ0) is 25.4. The number of hydrogen-bond donors (Lipinski definition) is 4. The van der Waals surface area contributed by atoms with Gasteiger partial charge in [0.25, 0.3) is 0 Å². The van der Waals surface area contributed by atoms with E-state index in [2.05, 4.69) is 65.1 Å². The van der Waals surface area contributed by atoms with Gasteiger partial charge >= 0.3 is 0 Å². The number of aromatic amines is 1. The van der Waals surface area contributed by atoms with Gasteiger partial charge in [0.15, 0.2) is 0 Å². The molecule has 6 heterocycles.